The number of nitrogens with two attached hydrogens (primary N) is 1. The van der Waals surface area contributed by atoms with Crippen LogP contribution in [0.3, 0.4) is 0 Å². The number of carbonyl (C=O) groups is 3. The molecule has 2 saturated heterocycles. The average molecular weight is 510 g/mol. The molecule has 0 spiro atoms. The van der Waals surface area contributed by atoms with Gasteiger partial charge in [0, 0.05) is 30.3 Å². The Bertz CT molecular complexity index is 1290. The average Bonchev–Trinajstić information content (AvgIpc) is 3.56. The van der Waals surface area contributed by atoms with E-state index in [9.17, 15) is 34.8 Å². The van der Waals surface area contributed by atoms with Crippen molar-refractivity contribution in [3.05, 3.63) is 40.2 Å². The van der Waals surface area contributed by atoms with E-state index in [2.05, 4.69) is 4.90 Å². The molecule has 0 aromatic heterocycles. The molecule has 0 radical (unpaired) electrons. The number of anilines is 1. The molecular formula is C27H31N3O7. The Kier molecular flexibility index (Phi) is 5.40. The van der Waals surface area contributed by atoms with Crippen LogP contribution >= 0.6 is 0 Å². The zero-order chi connectivity index (χ0) is 26.2. The van der Waals surface area contributed by atoms with Crippen LogP contribution in [-0.2, 0) is 20.8 Å². The first-order chi connectivity index (χ1) is 17.7. The van der Waals surface area contributed by atoms with E-state index in [1.54, 1.807) is 0 Å². The quantitative estimate of drug-likeness (QED) is 0.375. The Morgan fingerprint density at radius 2 is 1.65 bits per heavy atom. The highest BCUT2D eigenvalue weighted by Gasteiger charge is 2.64. The summed E-state index contributed by atoms with van der Waals surface area (Å²) in [6.45, 7) is 2.80. The Morgan fingerprint density at radius 3 is 2.30 bits per heavy atom. The molecule has 0 unspecified atom stereocenters. The molecule has 6 N–H and O–H groups in total. The fourth-order valence-electron chi connectivity index (χ4n) is 7.33. The lowest BCUT2D eigenvalue weighted by atomic mass is 9.57. The minimum absolute atomic E-state index is 0.106. The number of rotatable bonds is 3. The molecule has 5 aliphatic rings. The molecule has 1 aromatic rings. The molecule has 4 atom stereocenters. The van der Waals surface area contributed by atoms with Crippen LogP contribution in [0.2, 0.25) is 0 Å². The van der Waals surface area contributed by atoms with Crippen LogP contribution < -0.4 is 10.6 Å². The molecule has 10 nitrogen and oxygen atoms in total. The van der Waals surface area contributed by atoms with Crippen LogP contribution in [0.4, 0.5) is 5.69 Å². The number of fused-ring (bicyclic) bond motifs is 3. The van der Waals surface area contributed by atoms with Gasteiger partial charge in [-0.1, -0.05) is 0 Å². The van der Waals surface area contributed by atoms with Crippen molar-refractivity contribution >= 4 is 28.9 Å². The minimum Gasteiger partial charge on any atom is -0.508 e. The van der Waals surface area contributed by atoms with E-state index >= 15 is 0 Å². The zero-order valence-corrected chi connectivity index (χ0v) is 20.4. The lowest BCUT2D eigenvalue weighted by Gasteiger charge is -2.50. The smallest absolute Gasteiger partial charge is 0.255 e. The highest BCUT2D eigenvalue weighted by Crippen LogP contribution is 2.54. The van der Waals surface area contributed by atoms with Gasteiger partial charge in [-0.25, -0.2) is 0 Å². The maximum atomic E-state index is 14.0. The number of benzene rings is 1. The Morgan fingerprint density at radius 1 is 1.00 bits per heavy atom. The van der Waals surface area contributed by atoms with Gasteiger partial charge in [-0.05, 0) is 75.2 Å². The molecule has 10 heteroatoms. The number of aliphatic hydroxyl groups excluding tert-OH is 2. The fourth-order valence-corrected chi connectivity index (χ4v) is 7.33. The van der Waals surface area contributed by atoms with Gasteiger partial charge < -0.3 is 31.1 Å². The fraction of sp³-hybridized carbons (Fsp3) is 0.519. The summed E-state index contributed by atoms with van der Waals surface area (Å²) in [5, 5.41) is 44.9. The van der Waals surface area contributed by atoms with Crippen molar-refractivity contribution in [1.82, 2.24) is 4.90 Å². The third-order valence-corrected chi connectivity index (χ3v) is 9.00. The summed E-state index contributed by atoms with van der Waals surface area (Å²) in [7, 11) is 0. The summed E-state index contributed by atoms with van der Waals surface area (Å²) in [6.07, 6.45) is 4.16. The standard InChI is InChI=1S/C27H31N3O7/c28-26(36)20-23(33)21(30-9-3-4-10-30)15-12-13-11-14-16(29-7-1-2-8-29)5-6-17(31)19(14)22(32)18(13)24(34)27(15,37)25(20)35/h5-6,13,15,21,31-32,35,37H,1-4,7-12H2,(H2,28,36)/t13-,15-,21+,27-/m0/s1. The summed E-state index contributed by atoms with van der Waals surface area (Å²) in [4.78, 5) is 43.8. The molecule has 2 aliphatic heterocycles. The van der Waals surface area contributed by atoms with E-state index in [0.29, 0.717) is 19.5 Å². The lowest BCUT2D eigenvalue weighted by Crippen LogP contribution is -2.66. The number of hydrogen-bond donors (Lipinski definition) is 5. The van der Waals surface area contributed by atoms with E-state index in [1.165, 1.54) is 6.07 Å². The first-order valence-corrected chi connectivity index (χ1v) is 13.0. The SMILES string of the molecule is NC(=O)C1=C(O)[C@@]2(O)C(=O)C3=C(O)c4c(O)ccc(N5CCCC5)c4C[C@H]3C[C@H]2[C@@H](N2CCCC2)C1=O. The maximum Gasteiger partial charge on any atom is 0.255 e. The second-order valence-corrected chi connectivity index (χ2v) is 10.9. The Labute approximate surface area is 213 Å². The molecule has 196 valence electrons. The summed E-state index contributed by atoms with van der Waals surface area (Å²) in [5.74, 6) is -6.10. The van der Waals surface area contributed by atoms with Crippen molar-refractivity contribution in [3.8, 4) is 5.75 Å². The molecule has 3 fully saturated rings. The second kappa shape index (κ2) is 8.32. The maximum absolute atomic E-state index is 14.0. The van der Waals surface area contributed by atoms with Gasteiger partial charge in [-0.2, -0.15) is 0 Å². The summed E-state index contributed by atoms with van der Waals surface area (Å²) in [5.41, 5.74) is 3.73. The second-order valence-electron chi connectivity index (χ2n) is 10.9. The van der Waals surface area contributed by atoms with E-state index < -0.39 is 58.0 Å². The van der Waals surface area contributed by atoms with Crippen molar-refractivity contribution in [2.75, 3.05) is 31.1 Å². The number of carbonyl (C=O) groups excluding carboxylic acids is 3. The first-order valence-electron chi connectivity index (χ1n) is 13.0. The predicted molar refractivity (Wildman–Crippen MR) is 133 cm³/mol. The van der Waals surface area contributed by atoms with Gasteiger partial charge in [0.1, 0.15) is 22.8 Å². The lowest BCUT2D eigenvalue weighted by molar-refractivity contribution is -0.154. The van der Waals surface area contributed by atoms with Crippen LogP contribution in [0.1, 0.15) is 43.2 Å². The number of Topliss-reactive ketones (excluding diaryl/α,β-unsaturated/α-hetero) is 2. The number of nitrogens with zero attached hydrogens (tertiary/aromatic N) is 2. The van der Waals surface area contributed by atoms with E-state index in [4.69, 9.17) is 5.73 Å². The number of primary amides is 1. The third kappa shape index (κ3) is 3.21. The van der Waals surface area contributed by atoms with Crippen molar-refractivity contribution < 1.29 is 34.8 Å². The van der Waals surface area contributed by atoms with Gasteiger partial charge in [0.15, 0.2) is 11.4 Å². The molecular weight excluding hydrogens is 478 g/mol. The molecule has 1 amide bonds. The van der Waals surface area contributed by atoms with Gasteiger partial charge in [0.2, 0.25) is 5.78 Å². The highest BCUT2D eigenvalue weighted by atomic mass is 16.3. The van der Waals surface area contributed by atoms with E-state index in [1.807, 2.05) is 11.0 Å². The molecule has 0 bridgehead atoms. The van der Waals surface area contributed by atoms with Crippen molar-refractivity contribution in [3.63, 3.8) is 0 Å². The van der Waals surface area contributed by atoms with Gasteiger partial charge >= 0.3 is 0 Å². The molecule has 1 saturated carbocycles. The molecule has 1 aromatic carbocycles. The monoisotopic (exact) mass is 509 g/mol. The Hall–Kier alpha value is -3.37. The zero-order valence-electron chi connectivity index (χ0n) is 20.4. The number of amides is 1. The van der Waals surface area contributed by atoms with E-state index in [0.717, 1.165) is 50.0 Å². The van der Waals surface area contributed by atoms with E-state index in [-0.39, 0.29) is 23.3 Å². The Balaban J connectivity index is 1.53. The van der Waals surface area contributed by atoms with Crippen molar-refractivity contribution in [1.29, 1.82) is 0 Å². The van der Waals surface area contributed by atoms with Gasteiger partial charge in [0.05, 0.1) is 11.6 Å². The number of likely N-dealkylation sites (tertiary alicyclic amines) is 1. The number of phenols is 1. The van der Waals surface area contributed by atoms with Gasteiger partial charge in [0.25, 0.3) is 5.91 Å². The predicted octanol–water partition coefficient (Wildman–Crippen LogP) is 1.10. The molecule has 37 heavy (non-hydrogen) atoms. The summed E-state index contributed by atoms with van der Waals surface area (Å²) >= 11 is 0. The van der Waals surface area contributed by atoms with Crippen molar-refractivity contribution in [2.45, 2.75) is 50.2 Å². The van der Waals surface area contributed by atoms with Gasteiger partial charge in [-0.3, -0.25) is 19.3 Å². The largest absolute Gasteiger partial charge is 0.508 e. The van der Waals surface area contributed by atoms with Crippen LogP contribution in [0.5, 0.6) is 5.75 Å². The van der Waals surface area contributed by atoms with Crippen LogP contribution in [-0.4, -0.2) is 80.6 Å². The number of ketones is 2. The topological polar surface area (TPSA) is 165 Å². The molecule has 3 aliphatic carbocycles. The van der Waals surface area contributed by atoms with Crippen LogP contribution in [0.25, 0.3) is 5.76 Å². The number of phenolic OH excluding ortho intramolecular Hbond substituents is 1. The van der Waals surface area contributed by atoms with Crippen molar-refractivity contribution in [2.24, 2.45) is 17.6 Å². The highest BCUT2D eigenvalue weighted by molar-refractivity contribution is 6.24. The third-order valence-electron chi connectivity index (χ3n) is 9.00. The summed E-state index contributed by atoms with van der Waals surface area (Å²) < 4.78 is 0. The normalized spacial score (nSPS) is 32.0. The van der Waals surface area contributed by atoms with Gasteiger partial charge in [-0.15, -0.1) is 0 Å². The molecule has 6 rings (SSSR count). The van der Waals surface area contributed by atoms with Crippen LogP contribution in [0.15, 0.2) is 29.0 Å². The molecule has 2 heterocycles. The number of aromatic hydroxyl groups is 1. The number of aliphatic hydroxyl groups is 3. The minimum atomic E-state index is -2.59. The summed E-state index contributed by atoms with van der Waals surface area (Å²) in [6, 6.07) is 2.31. The van der Waals surface area contributed by atoms with Crippen LogP contribution in [0, 0.1) is 11.8 Å². The number of hydrogen-bond acceptors (Lipinski definition) is 9. The first kappa shape index (κ1) is 24.0.